The van der Waals surface area contributed by atoms with Crippen LogP contribution in [0.1, 0.15) is 18.1 Å². The van der Waals surface area contributed by atoms with Gasteiger partial charge in [-0.3, -0.25) is 0 Å². The maximum absolute atomic E-state index is 9.60. The third kappa shape index (κ3) is 2.57. The molecule has 2 N–H and O–H groups in total. The standard InChI is InChI=1S/C19H14ClN5/c1-2-11-3-4-13(20)8-15(11)17-12(9-21)7-16(25-17)18-14-5-6-22-19(14)24-10-23-18/h3-8,10,25H,2H2,1H3,(H,22,23,24). The summed E-state index contributed by atoms with van der Waals surface area (Å²) in [5.41, 5.74) is 5.70. The molecule has 1 aromatic carbocycles. The summed E-state index contributed by atoms with van der Waals surface area (Å²) in [6, 6.07) is 11.8. The third-order valence-corrected chi connectivity index (χ3v) is 4.50. The van der Waals surface area contributed by atoms with Crippen molar-refractivity contribution in [1.82, 2.24) is 19.9 Å². The van der Waals surface area contributed by atoms with Crippen molar-refractivity contribution in [2.45, 2.75) is 13.3 Å². The largest absolute Gasteiger partial charge is 0.352 e. The SMILES string of the molecule is CCc1ccc(Cl)cc1-c1[nH]c(-c2ncnc3[nH]ccc23)cc1C#N. The second kappa shape index (κ2) is 6.08. The van der Waals surface area contributed by atoms with E-state index in [2.05, 4.69) is 32.9 Å². The Morgan fingerprint density at radius 1 is 1.20 bits per heavy atom. The summed E-state index contributed by atoms with van der Waals surface area (Å²) in [6.07, 6.45) is 4.18. The van der Waals surface area contributed by atoms with E-state index in [1.54, 1.807) is 0 Å². The van der Waals surface area contributed by atoms with E-state index in [9.17, 15) is 5.26 Å². The first-order valence-corrected chi connectivity index (χ1v) is 8.29. The predicted octanol–water partition coefficient (Wildman–Crippen LogP) is 4.71. The summed E-state index contributed by atoms with van der Waals surface area (Å²) in [5, 5.41) is 11.1. The van der Waals surface area contributed by atoms with Gasteiger partial charge in [-0.1, -0.05) is 24.6 Å². The Labute approximate surface area is 149 Å². The van der Waals surface area contributed by atoms with Crippen molar-refractivity contribution in [3.63, 3.8) is 0 Å². The number of aromatic nitrogens is 4. The van der Waals surface area contributed by atoms with Crippen molar-refractivity contribution in [2.75, 3.05) is 0 Å². The van der Waals surface area contributed by atoms with E-state index >= 15 is 0 Å². The molecular formula is C19H14ClN5. The van der Waals surface area contributed by atoms with Crippen LogP contribution in [0.25, 0.3) is 33.7 Å². The zero-order chi connectivity index (χ0) is 17.4. The number of hydrogen-bond donors (Lipinski definition) is 2. The lowest BCUT2D eigenvalue weighted by Crippen LogP contribution is -1.91. The lowest BCUT2D eigenvalue weighted by Gasteiger charge is -2.07. The van der Waals surface area contributed by atoms with Crippen LogP contribution in [0, 0.1) is 11.3 Å². The molecule has 0 amide bonds. The van der Waals surface area contributed by atoms with Crippen LogP contribution in [0.3, 0.4) is 0 Å². The van der Waals surface area contributed by atoms with Gasteiger partial charge in [-0.05, 0) is 36.2 Å². The van der Waals surface area contributed by atoms with Crippen molar-refractivity contribution in [1.29, 1.82) is 5.26 Å². The molecule has 3 heterocycles. The van der Waals surface area contributed by atoms with Crippen LogP contribution in [0.15, 0.2) is 42.9 Å². The number of aromatic amines is 2. The second-order valence-electron chi connectivity index (χ2n) is 5.70. The average molecular weight is 348 g/mol. The Bertz CT molecular complexity index is 1120. The lowest BCUT2D eigenvalue weighted by molar-refractivity contribution is 1.14. The van der Waals surface area contributed by atoms with Crippen LogP contribution < -0.4 is 0 Å². The van der Waals surface area contributed by atoms with Crippen LogP contribution >= 0.6 is 11.6 Å². The number of fused-ring (bicyclic) bond motifs is 1. The van der Waals surface area contributed by atoms with E-state index in [-0.39, 0.29) is 0 Å². The van der Waals surface area contributed by atoms with Crippen molar-refractivity contribution in [3.8, 4) is 28.7 Å². The predicted molar refractivity (Wildman–Crippen MR) is 98.2 cm³/mol. The molecule has 0 saturated carbocycles. The normalized spacial score (nSPS) is 10.9. The monoisotopic (exact) mass is 347 g/mol. The highest BCUT2D eigenvalue weighted by atomic mass is 35.5. The Morgan fingerprint density at radius 2 is 2.08 bits per heavy atom. The second-order valence-corrected chi connectivity index (χ2v) is 6.14. The maximum Gasteiger partial charge on any atom is 0.141 e. The van der Waals surface area contributed by atoms with Crippen LogP contribution in [0.2, 0.25) is 5.02 Å². The third-order valence-electron chi connectivity index (χ3n) is 4.27. The Balaban J connectivity index is 1.94. The van der Waals surface area contributed by atoms with Gasteiger partial charge < -0.3 is 9.97 Å². The van der Waals surface area contributed by atoms with Crippen LogP contribution in [0.4, 0.5) is 0 Å². The molecule has 3 aromatic heterocycles. The molecule has 6 heteroatoms. The number of H-pyrrole nitrogens is 2. The molecule has 0 radical (unpaired) electrons. The lowest BCUT2D eigenvalue weighted by atomic mass is 10.0. The number of aryl methyl sites for hydroxylation is 1. The minimum atomic E-state index is 0.564. The average Bonchev–Trinajstić information content (AvgIpc) is 3.28. The van der Waals surface area contributed by atoms with Gasteiger partial charge in [-0.15, -0.1) is 0 Å². The number of nitrogens with zero attached hydrogens (tertiary/aromatic N) is 3. The summed E-state index contributed by atoms with van der Waals surface area (Å²) in [6.45, 7) is 2.08. The zero-order valence-corrected chi connectivity index (χ0v) is 14.2. The minimum absolute atomic E-state index is 0.564. The number of nitriles is 1. The highest BCUT2D eigenvalue weighted by Crippen LogP contribution is 2.33. The number of rotatable bonds is 3. The van der Waals surface area contributed by atoms with Crippen molar-refractivity contribution in [3.05, 3.63) is 59.0 Å². The molecule has 0 atom stereocenters. The first-order valence-electron chi connectivity index (χ1n) is 7.91. The van der Waals surface area contributed by atoms with Crippen LogP contribution in [-0.4, -0.2) is 19.9 Å². The smallest absolute Gasteiger partial charge is 0.141 e. The molecule has 4 rings (SSSR count). The van der Waals surface area contributed by atoms with Crippen LogP contribution in [0.5, 0.6) is 0 Å². The number of halogens is 1. The molecule has 122 valence electrons. The van der Waals surface area contributed by atoms with Gasteiger partial charge in [0.1, 0.15) is 18.0 Å². The van der Waals surface area contributed by atoms with Gasteiger partial charge in [0.05, 0.1) is 22.6 Å². The van der Waals surface area contributed by atoms with E-state index in [0.29, 0.717) is 10.6 Å². The molecule has 0 bridgehead atoms. The highest BCUT2D eigenvalue weighted by molar-refractivity contribution is 6.30. The Morgan fingerprint density at radius 3 is 2.88 bits per heavy atom. The van der Waals surface area contributed by atoms with E-state index in [1.807, 2.05) is 36.5 Å². The van der Waals surface area contributed by atoms with Crippen molar-refractivity contribution >= 4 is 22.6 Å². The van der Waals surface area contributed by atoms with E-state index in [1.165, 1.54) is 6.33 Å². The van der Waals surface area contributed by atoms with Crippen LogP contribution in [-0.2, 0) is 6.42 Å². The van der Waals surface area contributed by atoms with Crippen molar-refractivity contribution in [2.24, 2.45) is 0 Å². The van der Waals surface area contributed by atoms with Gasteiger partial charge in [-0.25, -0.2) is 9.97 Å². The van der Waals surface area contributed by atoms with Gasteiger partial charge in [0.25, 0.3) is 0 Å². The molecular weight excluding hydrogens is 334 g/mol. The number of hydrogen-bond acceptors (Lipinski definition) is 3. The fraction of sp³-hybridized carbons (Fsp3) is 0.105. The quantitative estimate of drug-likeness (QED) is 0.563. The van der Waals surface area contributed by atoms with Gasteiger partial charge in [-0.2, -0.15) is 5.26 Å². The molecule has 25 heavy (non-hydrogen) atoms. The topological polar surface area (TPSA) is 81.2 Å². The van der Waals surface area contributed by atoms with Gasteiger partial charge in [0.2, 0.25) is 0 Å². The molecule has 5 nitrogen and oxygen atoms in total. The molecule has 0 aliphatic rings. The molecule has 0 fully saturated rings. The van der Waals surface area contributed by atoms with Crippen molar-refractivity contribution < 1.29 is 0 Å². The summed E-state index contributed by atoms with van der Waals surface area (Å²) in [5.74, 6) is 0. The fourth-order valence-electron chi connectivity index (χ4n) is 3.06. The Hall–Kier alpha value is -3.10. The molecule has 0 saturated heterocycles. The summed E-state index contributed by atoms with van der Waals surface area (Å²) >= 11 is 6.18. The van der Waals surface area contributed by atoms with Gasteiger partial charge in [0, 0.05) is 22.2 Å². The fourth-order valence-corrected chi connectivity index (χ4v) is 3.23. The molecule has 0 spiro atoms. The zero-order valence-electron chi connectivity index (χ0n) is 13.5. The van der Waals surface area contributed by atoms with Gasteiger partial charge >= 0.3 is 0 Å². The van der Waals surface area contributed by atoms with Gasteiger partial charge in [0.15, 0.2) is 0 Å². The van der Waals surface area contributed by atoms with E-state index in [0.717, 1.165) is 45.7 Å². The maximum atomic E-state index is 9.60. The highest BCUT2D eigenvalue weighted by Gasteiger charge is 2.17. The summed E-state index contributed by atoms with van der Waals surface area (Å²) in [4.78, 5) is 15.0. The summed E-state index contributed by atoms with van der Waals surface area (Å²) < 4.78 is 0. The first-order chi connectivity index (χ1) is 12.2. The molecule has 0 aliphatic heterocycles. The number of benzene rings is 1. The van der Waals surface area contributed by atoms with E-state index in [4.69, 9.17) is 11.6 Å². The number of nitrogens with one attached hydrogen (secondary N) is 2. The molecule has 4 aromatic rings. The minimum Gasteiger partial charge on any atom is -0.352 e. The van der Waals surface area contributed by atoms with E-state index < -0.39 is 0 Å². The first kappa shape index (κ1) is 15.4. The Kier molecular flexibility index (Phi) is 3.75. The molecule has 0 aliphatic carbocycles. The summed E-state index contributed by atoms with van der Waals surface area (Å²) in [7, 11) is 0. The molecule has 0 unspecified atom stereocenters.